The second-order valence-corrected chi connectivity index (χ2v) is 9.37. The van der Waals surface area contributed by atoms with E-state index in [9.17, 15) is 14.4 Å². The van der Waals surface area contributed by atoms with Crippen molar-refractivity contribution in [2.45, 2.75) is 12.1 Å². The summed E-state index contributed by atoms with van der Waals surface area (Å²) in [6.07, 6.45) is 1.68. The van der Waals surface area contributed by atoms with Crippen molar-refractivity contribution in [3.63, 3.8) is 0 Å². The average Bonchev–Trinajstić information content (AvgIpc) is 3.32. The lowest BCUT2D eigenvalue weighted by Crippen LogP contribution is -2.44. The molecule has 2 saturated heterocycles. The zero-order valence-electron chi connectivity index (χ0n) is 17.6. The monoisotopic (exact) mass is 489 g/mol. The number of hydrogen-bond donors (Lipinski definition) is 0. The fourth-order valence-electron chi connectivity index (χ4n) is 5.32. The van der Waals surface area contributed by atoms with Crippen LogP contribution in [-0.2, 0) is 9.59 Å². The van der Waals surface area contributed by atoms with Crippen LogP contribution in [0.5, 0.6) is 0 Å². The zero-order chi connectivity index (χ0) is 23.6. The summed E-state index contributed by atoms with van der Waals surface area (Å²) in [4.78, 5) is 42.5. The first kappa shape index (κ1) is 21.1. The highest BCUT2D eigenvalue weighted by atomic mass is 35.5. The van der Waals surface area contributed by atoms with Gasteiger partial charge in [-0.3, -0.25) is 19.4 Å². The van der Waals surface area contributed by atoms with E-state index in [0.29, 0.717) is 21.3 Å². The number of hydrogen-bond acceptors (Lipinski definition) is 5. The van der Waals surface area contributed by atoms with Crippen LogP contribution in [-0.4, -0.2) is 34.9 Å². The number of amides is 2. The van der Waals surface area contributed by atoms with Crippen molar-refractivity contribution < 1.29 is 14.4 Å². The number of nitrogens with zero attached hydrogens (tertiary/aromatic N) is 3. The molecule has 34 heavy (non-hydrogen) atoms. The summed E-state index contributed by atoms with van der Waals surface area (Å²) in [6, 6.07) is 19.4. The van der Waals surface area contributed by atoms with E-state index in [1.165, 1.54) is 0 Å². The van der Waals surface area contributed by atoms with E-state index < -0.39 is 29.8 Å². The third kappa shape index (κ3) is 2.95. The Balaban J connectivity index is 1.51. The number of halogens is 2. The minimum Gasteiger partial charge on any atom is -0.292 e. The number of imide groups is 1. The average molecular weight is 490 g/mol. The van der Waals surface area contributed by atoms with E-state index in [1.54, 1.807) is 59.8 Å². The van der Waals surface area contributed by atoms with E-state index in [2.05, 4.69) is 5.10 Å². The Morgan fingerprint density at radius 2 is 1.50 bits per heavy atom. The van der Waals surface area contributed by atoms with E-state index in [0.717, 1.165) is 16.0 Å². The smallest absolute Gasteiger partial charge is 0.240 e. The molecule has 0 aromatic heterocycles. The molecule has 6 rings (SSSR count). The molecule has 0 N–H and O–H groups in total. The Bertz CT molecular complexity index is 1390. The molecule has 2 amide bonds. The molecule has 3 heterocycles. The molecule has 3 aliphatic heterocycles. The molecule has 6 nitrogen and oxygen atoms in total. The molecule has 2 fully saturated rings. The summed E-state index contributed by atoms with van der Waals surface area (Å²) < 4.78 is 0. The van der Waals surface area contributed by atoms with Gasteiger partial charge in [0.15, 0.2) is 5.78 Å². The molecule has 0 saturated carbocycles. The van der Waals surface area contributed by atoms with Crippen LogP contribution in [0.4, 0.5) is 5.69 Å². The molecule has 0 radical (unpaired) electrons. The van der Waals surface area contributed by atoms with Gasteiger partial charge in [-0.2, -0.15) is 5.10 Å². The molecule has 0 unspecified atom stereocenters. The standard InChI is InChI=1S/C26H17Cl2N3O3/c27-16-11-9-14(10-12-16)24(32)23-21-20(22-17-6-2-1-5-15(17)13-29-31(22)23)25(33)30(26(21)34)19-8-4-3-7-18(19)28/h1-13,20-23H/t20-,21-,22-,23+/m0/s1. The molecule has 0 spiro atoms. The number of carbonyl (C=O) groups excluding carboxylic acids is 3. The molecule has 0 bridgehead atoms. The maximum Gasteiger partial charge on any atom is 0.240 e. The van der Waals surface area contributed by atoms with Crippen molar-refractivity contribution in [1.82, 2.24) is 5.01 Å². The summed E-state index contributed by atoms with van der Waals surface area (Å²) in [5, 5.41) is 6.99. The number of carbonyl (C=O) groups is 3. The fourth-order valence-corrected chi connectivity index (χ4v) is 5.67. The van der Waals surface area contributed by atoms with Crippen LogP contribution in [0.3, 0.4) is 0 Å². The molecule has 3 aromatic carbocycles. The molecule has 0 aliphatic carbocycles. The number of Topliss-reactive ketones (excluding diaryl/α,β-unsaturated/α-hetero) is 1. The largest absolute Gasteiger partial charge is 0.292 e. The molecule has 168 valence electrons. The van der Waals surface area contributed by atoms with E-state index in [4.69, 9.17) is 23.2 Å². The molecular formula is C26H17Cl2N3O3. The number of hydrazone groups is 1. The lowest BCUT2D eigenvalue weighted by atomic mass is 9.83. The van der Waals surface area contributed by atoms with Crippen LogP contribution in [0.1, 0.15) is 27.5 Å². The normalized spacial score (nSPS) is 24.8. The van der Waals surface area contributed by atoms with Crippen molar-refractivity contribution in [1.29, 1.82) is 0 Å². The third-order valence-electron chi connectivity index (χ3n) is 6.78. The topological polar surface area (TPSA) is 70.0 Å². The molecule has 3 aromatic rings. The lowest BCUT2D eigenvalue weighted by molar-refractivity contribution is -0.124. The van der Waals surface area contributed by atoms with Crippen LogP contribution in [0.15, 0.2) is 77.9 Å². The molecule has 4 atom stereocenters. The highest BCUT2D eigenvalue weighted by Crippen LogP contribution is 2.53. The van der Waals surface area contributed by atoms with Crippen molar-refractivity contribution in [3.8, 4) is 0 Å². The first-order chi connectivity index (χ1) is 16.5. The molecule has 8 heteroatoms. The van der Waals surface area contributed by atoms with Crippen LogP contribution in [0.2, 0.25) is 10.0 Å². The van der Waals surface area contributed by atoms with Gasteiger partial charge in [0.2, 0.25) is 11.8 Å². The van der Waals surface area contributed by atoms with Gasteiger partial charge in [-0.05, 0) is 47.5 Å². The van der Waals surface area contributed by atoms with Gasteiger partial charge in [0.05, 0.1) is 34.8 Å². The van der Waals surface area contributed by atoms with E-state index >= 15 is 0 Å². The van der Waals surface area contributed by atoms with Gasteiger partial charge >= 0.3 is 0 Å². The van der Waals surface area contributed by atoms with Gasteiger partial charge < -0.3 is 0 Å². The quantitative estimate of drug-likeness (QED) is 0.393. The fraction of sp³-hybridized carbons (Fsp3) is 0.154. The number of fused-ring (bicyclic) bond motifs is 5. The predicted molar refractivity (Wildman–Crippen MR) is 129 cm³/mol. The van der Waals surface area contributed by atoms with Gasteiger partial charge in [0.1, 0.15) is 6.04 Å². The number of benzene rings is 3. The minimum atomic E-state index is -0.940. The molecular weight excluding hydrogens is 473 g/mol. The Morgan fingerprint density at radius 1 is 0.824 bits per heavy atom. The summed E-state index contributed by atoms with van der Waals surface area (Å²) in [6.45, 7) is 0. The maximum atomic E-state index is 13.8. The lowest BCUT2D eigenvalue weighted by Gasteiger charge is -2.33. The number of ketones is 1. The van der Waals surface area contributed by atoms with Gasteiger partial charge in [0, 0.05) is 10.6 Å². The highest BCUT2D eigenvalue weighted by Gasteiger charge is 2.65. The second-order valence-electron chi connectivity index (χ2n) is 8.53. The Labute approximate surface area is 205 Å². The van der Waals surface area contributed by atoms with Crippen LogP contribution >= 0.6 is 23.2 Å². The van der Waals surface area contributed by atoms with Gasteiger partial charge in [-0.1, -0.05) is 59.6 Å². The summed E-state index contributed by atoms with van der Waals surface area (Å²) in [7, 11) is 0. The third-order valence-corrected chi connectivity index (χ3v) is 7.36. The Kier molecular flexibility index (Phi) is 4.83. The number of para-hydroxylation sites is 1. The maximum absolute atomic E-state index is 13.8. The highest BCUT2D eigenvalue weighted by molar-refractivity contribution is 6.36. The predicted octanol–water partition coefficient (Wildman–Crippen LogP) is 4.75. The number of rotatable bonds is 3. The van der Waals surface area contributed by atoms with E-state index in [1.807, 2.05) is 24.3 Å². The first-order valence-electron chi connectivity index (χ1n) is 10.8. The van der Waals surface area contributed by atoms with Gasteiger partial charge in [0.25, 0.3) is 0 Å². The summed E-state index contributed by atoms with van der Waals surface area (Å²) in [5.41, 5.74) is 2.45. The van der Waals surface area contributed by atoms with E-state index in [-0.39, 0.29) is 11.7 Å². The first-order valence-corrected chi connectivity index (χ1v) is 11.6. The zero-order valence-corrected chi connectivity index (χ0v) is 19.1. The summed E-state index contributed by atoms with van der Waals surface area (Å²) in [5.74, 6) is -2.79. The second kappa shape index (κ2) is 7.79. The van der Waals surface area contributed by atoms with Crippen LogP contribution in [0.25, 0.3) is 0 Å². The summed E-state index contributed by atoms with van der Waals surface area (Å²) >= 11 is 12.4. The van der Waals surface area contributed by atoms with Gasteiger partial charge in [-0.25, -0.2) is 4.90 Å². The Hall–Kier alpha value is -3.48. The van der Waals surface area contributed by atoms with Gasteiger partial charge in [-0.15, -0.1) is 0 Å². The van der Waals surface area contributed by atoms with Crippen molar-refractivity contribution in [2.24, 2.45) is 16.9 Å². The Morgan fingerprint density at radius 3 is 2.26 bits per heavy atom. The van der Waals surface area contributed by atoms with Crippen LogP contribution < -0.4 is 4.90 Å². The van der Waals surface area contributed by atoms with Crippen LogP contribution in [0, 0.1) is 11.8 Å². The van der Waals surface area contributed by atoms with Crippen molar-refractivity contribution in [2.75, 3.05) is 4.90 Å². The minimum absolute atomic E-state index is 0.284. The molecule has 3 aliphatic rings. The van der Waals surface area contributed by atoms with Crippen molar-refractivity contribution in [3.05, 3.63) is 99.5 Å². The SMILES string of the molecule is O=C(c1ccc(Cl)cc1)[C@H]1[C@H]2C(=O)N(c3ccccc3Cl)C(=O)[C@@H]2[C@@H]2c3ccccc3C=NN12. The number of anilines is 1. The van der Waals surface area contributed by atoms with Crippen molar-refractivity contribution >= 4 is 52.7 Å².